The van der Waals surface area contributed by atoms with Crippen molar-refractivity contribution in [2.24, 2.45) is 0 Å². The number of benzene rings is 8. The van der Waals surface area contributed by atoms with E-state index in [9.17, 15) is 55.9 Å². The lowest BCUT2D eigenvalue weighted by molar-refractivity contribution is 0.120. The Morgan fingerprint density at radius 3 is 0.854 bits per heavy atom. The van der Waals surface area contributed by atoms with Crippen LogP contribution in [0, 0.1) is 23.3 Å². The van der Waals surface area contributed by atoms with Gasteiger partial charge in [-0.2, -0.15) is 39.1 Å². The van der Waals surface area contributed by atoms with E-state index >= 15 is 0 Å². The van der Waals surface area contributed by atoms with Crippen LogP contribution in [0.15, 0.2) is 226 Å². The standard InChI is InChI=1S/2C25H27N5O3.C24H23F2N5O2.C22H19F2N5O2/c1-17(2)27-11-13-28(14-12-27)25(32)29-16-21-23(20-15-19(33-3)9-10-22(20)29)26-30(24(21)31)18-7-5-4-6-8-18;1-17(2)27-11-13-28(14-12-27)25(32)29-16-21-23(20-10-9-19(33-3)15-22(20)29)26-30(24(21)31)18-7-5-4-6-8-18;1-15(2)28-8-10-29(11-9-28)24(33)30-14-18-22(17-12-19(25)20(26)13-21(17)30)27-31(23(18)32)16-6-4-3-5-7-16;1-26-7-9-27(10-8-26)22(31)28-13-16-20(15-11-17(23)18(24)12-19(15)28)25-29(21(16)30)14-5-3-2-4-6-14/h2*4-10,15-17H,11-14H2,1-3H3;3-7,12-15H,8-11H2,1-2H3;2-6,11-13H,7-10H2,1H3. The van der Waals surface area contributed by atoms with Crippen LogP contribution in [-0.2, 0) is 0 Å². The topological polar surface area (TPSA) is 272 Å². The fourth-order valence-corrected chi connectivity index (χ4v) is 17.2. The van der Waals surface area contributed by atoms with Crippen molar-refractivity contribution >= 4 is 67.7 Å². The number of halogens is 4. The summed E-state index contributed by atoms with van der Waals surface area (Å²) in [5.41, 5.74) is 5.40. The van der Waals surface area contributed by atoms with E-state index in [1.807, 2.05) is 126 Å². The number of fused-ring (bicyclic) bond motifs is 12. The van der Waals surface area contributed by atoms with Gasteiger partial charge in [-0.3, -0.25) is 52.1 Å². The fourth-order valence-electron chi connectivity index (χ4n) is 17.2. The van der Waals surface area contributed by atoms with Crippen LogP contribution in [0.4, 0.5) is 36.7 Å². The largest absolute Gasteiger partial charge is 0.497 e. The molecule has 34 heteroatoms. The molecule has 130 heavy (non-hydrogen) atoms. The first-order valence-corrected chi connectivity index (χ1v) is 43.1. The Morgan fingerprint density at radius 2 is 0.554 bits per heavy atom. The molecule has 0 spiro atoms. The third-order valence-electron chi connectivity index (χ3n) is 24.6. The van der Waals surface area contributed by atoms with Gasteiger partial charge in [-0.1, -0.05) is 72.8 Å². The molecule has 8 aromatic rings. The van der Waals surface area contributed by atoms with Gasteiger partial charge in [-0.25, -0.2) is 36.7 Å². The summed E-state index contributed by atoms with van der Waals surface area (Å²) in [5.74, 6) is -3.00. The predicted octanol–water partition coefficient (Wildman–Crippen LogP) is 12.9. The van der Waals surface area contributed by atoms with Crippen molar-refractivity contribution in [3.8, 4) is 79.3 Å². The number of likely N-dealkylation sites (N-methyl/N-ethyl adjacent to an activating group) is 1. The summed E-state index contributed by atoms with van der Waals surface area (Å²) in [7, 11) is 5.16. The number of carbonyl (C=O) groups excluding carboxylic acids is 4. The number of rotatable bonds is 9. The molecular formula is C96H96F4N20O10. The van der Waals surface area contributed by atoms with Crippen LogP contribution >= 0.6 is 0 Å². The maximum absolute atomic E-state index is 14.2. The smallest absolute Gasteiger partial charge is 0.328 e. The summed E-state index contributed by atoms with van der Waals surface area (Å²) in [6, 6.07) is 51.4. The van der Waals surface area contributed by atoms with E-state index in [4.69, 9.17) is 9.47 Å². The Labute approximate surface area is 743 Å². The Bertz CT molecular complexity index is 7040. The second kappa shape index (κ2) is 36.7. The lowest BCUT2D eigenvalue weighted by Gasteiger charge is -2.37. The van der Waals surface area contributed by atoms with Crippen LogP contribution in [0.3, 0.4) is 0 Å². The summed E-state index contributed by atoms with van der Waals surface area (Å²) in [6.07, 6.45) is 6.03. The molecule has 4 saturated heterocycles. The van der Waals surface area contributed by atoms with E-state index in [1.54, 1.807) is 94.1 Å². The molecule has 30 nitrogen and oxygen atoms in total. The van der Waals surface area contributed by atoms with Crippen molar-refractivity contribution in [2.75, 3.05) is 126 Å². The minimum Gasteiger partial charge on any atom is -0.497 e. The van der Waals surface area contributed by atoms with Crippen LogP contribution in [-0.4, -0.2) is 265 Å². The molecule has 0 unspecified atom stereocenters. The molecule has 20 rings (SSSR count). The normalized spacial score (nSPS) is 15.0. The molecule has 0 N–H and O–H groups in total. The van der Waals surface area contributed by atoms with Gasteiger partial charge in [0.05, 0.1) is 81.3 Å². The lowest BCUT2D eigenvalue weighted by atomic mass is 10.1. The van der Waals surface area contributed by atoms with Crippen molar-refractivity contribution in [1.29, 1.82) is 0 Å². The monoisotopic (exact) mass is 1760 g/mol. The highest BCUT2D eigenvalue weighted by Gasteiger charge is 2.35. The van der Waals surface area contributed by atoms with Crippen LogP contribution in [0.2, 0.25) is 0 Å². The van der Waals surface area contributed by atoms with Crippen LogP contribution in [0.1, 0.15) is 41.5 Å². The van der Waals surface area contributed by atoms with Gasteiger partial charge in [0.1, 0.15) is 34.3 Å². The van der Waals surface area contributed by atoms with Gasteiger partial charge >= 0.3 is 24.1 Å². The Morgan fingerprint density at radius 1 is 0.300 bits per heavy atom. The van der Waals surface area contributed by atoms with Gasteiger partial charge in [0.15, 0.2) is 23.3 Å². The number of hydrogen-bond acceptors (Lipinski definition) is 18. The van der Waals surface area contributed by atoms with Crippen LogP contribution in [0.5, 0.6) is 11.5 Å². The molecule has 0 aliphatic carbocycles. The van der Waals surface area contributed by atoms with Crippen molar-refractivity contribution in [1.82, 2.24) is 96.6 Å². The average Bonchev–Trinajstić information content (AvgIpc) is 1.56. The molecule has 0 atom stereocenters. The van der Waals surface area contributed by atoms with Gasteiger partial charge in [-0.15, -0.1) is 0 Å². The highest BCUT2D eigenvalue weighted by molar-refractivity contribution is 6.03. The maximum atomic E-state index is 14.2. The van der Waals surface area contributed by atoms with E-state index in [0.29, 0.717) is 170 Å². The van der Waals surface area contributed by atoms with Crippen LogP contribution < -0.4 is 31.7 Å². The molecule has 4 fully saturated rings. The molecule has 8 aromatic carbocycles. The van der Waals surface area contributed by atoms with E-state index in [-0.39, 0.29) is 73.5 Å². The molecule has 4 amide bonds. The molecule has 0 bridgehead atoms. The first kappa shape index (κ1) is 87.6. The number of nitrogens with zero attached hydrogens (tertiary/aromatic N) is 20. The molecule has 668 valence electrons. The van der Waals surface area contributed by atoms with Crippen molar-refractivity contribution in [3.05, 3.63) is 271 Å². The number of amides is 4. The average molecular weight is 1770 g/mol. The molecule has 0 aromatic heterocycles. The lowest BCUT2D eigenvalue weighted by Crippen LogP contribution is -2.51. The zero-order chi connectivity index (χ0) is 91.2. The van der Waals surface area contributed by atoms with E-state index in [2.05, 4.69) is 81.5 Å². The Hall–Kier alpha value is -14.5. The van der Waals surface area contributed by atoms with Gasteiger partial charge in [0, 0.05) is 187 Å². The third kappa shape index (κ3) is 16.9. The number of hydrogen-bond donors (Lipinski definition) is 0. The summed E-state index contributed by atoms with van der Waals surface area (Å²) in [6.45, 7) is 23.6. The summed E-state index contributed by atoms with van der Waals surface area (Å²) < 4.78 is 78.4. The summed E-state index contributed by atoms with van der Waals surface area (Å²) >= 11 is 0. The van der Waals surface area contributed by atoms with Crippen LogP contribution in [0.25, 0.3) is 111 Å². The van der Waals surface area contributed by atoms with E-state index in [0.717, 1.165) is 55.8 Å². The number of aromatic nitrogens is 12. The number of methoxy groups -OCH3 is 2. The second-order valence-corrected chi connectivity index (χ2v) is 33.4. The molecule has 0 radical (unpaired) electrons. The minimum absolute atomic E-state index is 0.137. The van der Waals surface area contributed by atoms with Crippen molar-refractivity contribution < 1.29 is 46.2 Å². The predicted molar refractivity (Wildman–Crippen MR) is 488 cm³/mol. The molecule has 12 aliphatic heterocycles. The van der Waals surface area contributed by atoms with Crippen molar-refractivity contribution in [3.63, 3.8) is 0 Å². The quantitative estimate of drug-likeness (QED) is 0.121. The zero-order valence-corrected chi connectivity index (χ0v) is 73.2. The number of piperazine rings is 4. The molecule has 12 aliphatic rings. The third-order valence-corrected chi connectivity index (χ3v) is 24.6. The van der Waals surface area contributed by atoms with E-state index in [1.165, 1.54) is 40.3 Å². The highest BCUT2D eigenvalue weighted by atomic mass is 19.2. The Balaban J connectivity index is 0.000000121. The van der Waals surface area contributed by atoms with Gasteiger partial charge in [-0.05, 0) is 140 Å². The maximum Gasteiger partial charge on any atom is 0.328 e. The first-order valence-electron chi connectivity index (χ1n) is 43.1. The Kier molecular flexibility index (Phi) is 24.7. The SMILES string of the molecule is CC(C)N1CCN(C(=O)n2cc3c(=O)n(-c4ccccc4)nc-3c3cc(F)c(F)cc32)CC1.CN1CCN(C(=O)n2cc3c(=O)n(-c4ccccc4)nc-3c3cc(F)c(F)cc32)CC1.COc1ccc2c(c1)c1nn(-c3ccccc3)c(=O)c-1cn2C(=O)N1CCN(C(C)C)CC1.COc1ccc2c3nn(-c4ccccc4)c(=O)c-3cn(C(=O)N3CCN(C(C)C)CC3)c2c1. The van der Waals surface area contributed by atoms with Gasteiger partial charge in [0.25, 0.3) is 22.2 Å². The molecular weight excluding hydrogens is 1670 g/mol. The molecule has 0 saturated carbocycles. The summed E-state index contributed by atoms with van der Waals surface area (Å²) in [4.78, 5) is 123. The van der Waals surface area contributed by atoms with Gasteiger partial charge in [0.2, 0.25) is 0 Å². The van der Waals surface area contributed by atoms with Gasteiger partial charge < -0.3 is 34.0 Å². The second-order valence-electron chi connectivity index (χ2n) is 33.4. The van der Waals surface area contributed by atoms with E-state index < -0.39 is 40.4 Å². The summed E-state index contributed by atoms with van der Waals surface area (Å²) in [5, 5.41) is 19.9. The fraction of sp³-hybridized carbons (Fsp3) is 0.292. The highest BCUT2D eigenvalue weighted by Crippen LogP contribution is 2.37. The first-order chi connectivity index (χ1) is 62.7. The number of para-hydroxylation sites is 4. The van der Waals surface area contributed by atoms with Crippen molar-refractivity contribution in [2.45, 2.75) is 59.7 Å². The zero-order valence-electron chi connectivity index (χ0n) is 73.2. The number of carbonyl (C=O) groups is 4. The number of pyridine rings is 4. The molecule has 12 heterocycles. The minimum atomic E-state index is -1.07. The number of ether oxygens (including phenoxy) is 2.